The molecule has 0 saturated heterocycles. The van der Waals surface area contributed by atoms with Crippen molar-refractivity contribution >= 4 is 38.8 Å². The fourth-order valence-electron chi connectivity index (χ4n) is 2.30. The highest BCUT2D eigenvalue weighted by molar-refractivity contribution is 9.10. The second-order valence-electron chi connectivity index (χ2n) is 5.00. The van der Waals surface area contributed by atoms with E-state index in [0.29, 0.717) is 11.0 Å². The van der Waals surface area contributed by atoms with E-state index in [4.69, 9.17) is 4.42 Å². The normalized spacial score (nSPS) is 11.4. The molecule has 0 atom stereocenters. The van der Waals surface area contributed by atoms with Gasteiger partial charge in [-0.1, -0.05) is 34.1 Å². The fraction of sp³-hybridized carbons (Fsp3) is 0.0556. The molecule has 0 bridgehead atoms. The summed E-state index contributed by atoms with van der Waals surface area (Å²) in [4.78, 5) is 12.3. The number of fused-ring (bicyclic) bond motifs is 1. The first kappa shape index (κ1) is 14.6. The summed E-state index contributed by atoms with van der Waals surface area (Å²) in [5, 5.41) is 10.9. The third-order valence-corrected chi connectivity index (χ3v) is 3.99. The van der Waals surface area contributed by atoms with E-state index in [-0.39, 0.29) is 17.1 Å². The van der Waals surface area contributed by atoms with Crippen LogP contribution >= 0.6 is 15.9 Å². The molecule has 0 saturated carbocycles. The monoisotopic (exact) mass is 356 g/mol. The molecule has 0 aliphatic heterocycles. The number of carbonyl (C=O) groups is 1. The van der Waals surface area contributed by atoms with Gasteiger partial charge < -0.3 is 9.52 Å². The van der Waals surface area contributed by atoms with Gasteiger partial charge in [0.2, 0.25) is 0 Å². The van der Waals surface area contributed by atoms with Crippen LogP contribution in [-0.2, 0) is 0 Å². The zero-order chi connectivity index (χ0) is 15.7. The first-order valence-corrected chi connectivity index (χ1v) is 7.53. The second-order valence-corrected chi connectivity index (χ2v) is 5.92. The highest BCUT2D eigenvalue weighted by Crippen LogP contribution is 2.33. The van der Waals surface area contributed by atoms with Crippen LogP contribution in [0.5, 0.6) is 5.75 Å². The van der Waals surface area contributed by atoms with E-state index >= 15 is 0 Å². The van der Waals surface area contributed by atoms with Crippen molar-refractivity contribution in [3.63, 3.8) is 0 Å². The summed E-state index contributed by atoms with van der Waals surface area (Å²) in [6.07, 6.45) is 4.75. The molecule has 1 aromatic heterocycles. The molecular weight excluding hydrogens is 344 g/mol. The lowest BCUT2D eigenvalue weighted by Crippen LogP contribution is -1.95. The number of allylic oxidation sites excluding steroid dienone is 1. The van der Waals surface area contributed by atoms with Crippen molar-refractivity contribution < 1.29 is 14.3 Å². The minimum absolute atomic E-state index is 0.0331. The Hall–Kier alpha value is -2.33. The van der Waals surface area contributed by atoms with Gasteiger partial charge in [0, 0.05) is 4.47 Å². The van der Waals surface area contributed by atoms with Crippen molar-refractivity contribution in [2.24, 2.45) is 0 Å². The smallest absolute Gasteiger partial charge is 0.189 e. The summed E-state index contributed by atoms with van der Waals surface area (Å²) in [5.74, 6) is -0.280. The van der Waals surface area contributed by atoms with Gasteiger partial charge in [0.15, 0.2) is 5.78 Å². The Labute approximate surface area is 136 Å². The van der Waals surface area contributed by atoms with Gasteiger partial charge in [-0.2, -0.15) is 0 Å². The largest absolute Gasteiger partial charge is 0.506 e. The van der Waals surface area contributed by atoms with Crippen LogP contribution in [0.3, 0.4) is 0 Å². The van der Waals surface area contributed by atoms with Gasteiger partial charge in [-0.3, -0.25) is 4.79 Å². The summed E-state index contributed by atoms with van der Waals surface area (Å²) in [5.41, 5.74) is 2.56. The van der Waals surface area contributed by atoms with Crippen molar-refractivity contribution in [2.75, 3.05) is 0 Å². The van der Waals surface area contributed by atoms with Crippen molar-refractivity contribution in [2.45, 2.75) is 6.92 Å². The zero-order valence-corrected chi connectivity index (χ0v) is 13.4. The number of carbonyl (C=O) groups excluding carboxylic acids is 1. The van der Waals surface area contributed by atoms with E-state index in [9.17, 15) is 9.90 Å². The van der Waals surface area contributed by atoms with Gasteiger partial charge in [0.25, 0.3) is 0 Å². The Morgan fingerprint density at radius 2 is 1.91 bits per heavy atom. The molecule has 0 fully saturated rings. The molecule has 1 heterocycles. The number of aryl methyl sites for hydroxylation is 1. The van der Waals surface area contributed by atoms with Gasteiger partial charge in [-0.15, -0.1) is 0 Å². The minimum Gasteiger partial charge on any atom is -0.506 e. The van der Waals surface area contributed by atoms with Crippen molar-refractivity contribution in [3.05, 3.63) is 69.9 Å². The maximum atomic E-state index is 12.3. The van der Waals surface area contributed by atoms with E-state index in [1.165, 1.54) is 6.08 Å². The predicted molar refractivity (Wildman–Crippen MR) is 90.1 cm³/mol. The number of hydrogen-bond donors (Lipinski definition) is 1. The molecule has 4 heteroatoms. The average Bonchev–Trinajstić information content (AvgIpc) is 2.89. The summed E-state index contributed by atoms with van der Waals surface area (Å²) in [6.45, 7) is 1.83. The summed E-state index contributed by atoms with van der Waals surface area (Å²) < 4.78 is 6.29. The van der Waals surface area contributed by atoms with Crippen molar-refractivity contribution in [1.82, 2.24) is 0 Å². The lowest BCUT2D eigenvalue weighted by molar-refractivity contribution is 0.104. The van der Waals surface area contributed by atoms with E-state index in [1.54, 1.807) is 24.5 Å². The maximum absolute atomic E-state index is 12.3. The standard InChI is InChI=1S/C18H13BrO3/c1-11-10-22-16-9-7-14(18(21)17(11)16)15(20)8-4-12-2-5-13(19)6-3-12/h2-10,21H,1H3/b8-4+. The van der Waals surface area contributed by atoms with Crippen LogP contribution in [-0.4, -0.2) is 10.9 Å². The Bertz CT molecular complexity index is 873. The van der Waals surface area contributed by atoms with Gasteiger partial charge >= 0.3 is 0 Å². The lowest BCUT2D eigenvalue weighted by Gasteiger charge is -2.02. The minimum atomic E-state index is -0.247. The Morgan fingerprint density at radius 3 is 2.64 bits per heavy atom. The number of halogens is 1. The number of ketones is 1. The summed E-state index contributed by atoms with van der Waals surface area (Å²) in [7, 11) is 0. The van der Waals surface area contributed by atoms with Crippen molar-refractivity contribution in [3.8, 4) is 5.75 Å². The molecule has 0 radical (unpaired) electrons. The number of hydrogen-bond acceptors (Lipinski definition) is 3. The number of rotatable bonds is 3. The third-order valence-electron chi connectivity index (χ3n) is 3.46. The SMILES string of the molecule is Cc1coc2ccc(C(=O)/C=C/c3ccc(Br)cc3)c(O)c12. The summed E-state index contributed by atoms with van der Waals surface area (Å²) >= 11 is 3.36. The number of phenols is 1. The molecule has 3 nitrogen and oxygen atoms in total. The molecule has 1 N–H and O–H groups in total. The van der Waals surface area contributed by atoms with Crippen LogP contribution < -0.4 is 0 Å². The summed E-state index contributed by atoms with van der Waals surface area (Å²) in [6, 6.07) is 10.9. The molecule has 22 heavy (non-hydrogen) atoms. The molecule has 0 aliphatic carbocycles. The van der Waals surface area contributed by atoms with Gasteiger partial charge in [0.1, 0.15) is 11.3 Å². The van der Waals surface area contributed by atoms with Crippen LogP contribution in [0.1, 0.15) is 21.5 Å². The number of furan rings is 1. The van der Waals surface area contributed by atoms with Crippen LogP contribution in [0.15, 0.2) is 57.6 Å². The first-order chi connectivity index (χ1) is 10.6. The van der Waals surface area contributed by atoms with Gasteiger partial charge in [-0.25, -0.2) is 0 Å². The van der Waals surface area contributed by atoms with Crippen LogP contribution in [0.25, 0.3) is 17.0 Å². The number of phenolic OH excluding ortho intramolecular Hbond substituents is 1. The molecule has 0 unspecified atom stereocenters. The third kappa shape index (κ3) is 2.70. The van der Waals surface area contributed by atoms with E-state index in [0.717, 1.165) is 15.6 Å². The fourth-order valence-corrected chi connectivity index (χ4v) is 2.56. The molecular formula is C18H13BrO3. The number of benzene rings is 2. The van der Waals surface area contributed by atoms with Gasteiger partial charge in [-0.05, 0) is 48.4 Å². The highest BCUT2D eigenvalue weighted by Gasteiger charge is 2.15. The van der Waals surface area contributed by atoms with Gasteiger partial charge in [0.05, 0.1) is 17.2 Å². The molecule has 0 aliphatic rings. The van der Waals surface area contributed by atoms with E-state index in [1.807, 2.05) is 31.2 Å². The average molecular weight is 357 g/mol. The number of aromatic hydroxyl groups is 1. The molecule has 110 valence electrons. The van der Waals surface area contributed by atoms with Crippen LogP contribution in [0.4, 0.5) is 0 Å². The van der Waals surface area contributed by atoms with Crippen molar-refractivity contribution in [1.29, 1.82) is 0 Å². The topological polar surface area (TPSA) is 50.4 Å². The quantitative estimate of drug-likeness (QED) is 0.524. The zero-order valence-electron chi connectivity index (χ0n) is 11.8. The predicted octanol–water partition coefficient (Wildman–Crippen LogP) is 5.11. The molecule has 2 aromatic carbocycles. The van der Waals surface area contributed by atoms with Crippen LogP contribution in [0.2, 0.25) is 0 Å². The Morgan fingerprint density at radius 1 is 1.18 bits per heavy atom. The van der Waals surface area contributed by atoms with Crippen LogP contribution in [0, 0.1) is 6.92 Å². The second kappa shape index (κ2) is 5.81. The Kier molecular flexibility index (Phi) is 3.86. The Balaban J connectivity index is 1.93. The van der Waals surface area contributed by atoms with E-state index < -0.39 is 0 Å². The van der Waals surface area contributed by atoms with E-state index in [2.05, 4.69) is 15.9 Å². The highest BCUT2D eigenvalue weighted by atomic mass is 79.9. The molecule has 0 spiro atoms. The first-order valence-electron chi connectivity index (χ1n) is 6.74. The molecule has 3 aromatic rings. The maximum Gasteiger partial charge on any atom is 0.189 e. The molecule has 0 amide bonds. The lowest BCUT2D eigenvalue weighted by atomic mass is 10.0. The molecule has 3 rings (SSSR count).